The van der Waals surface area contributed by atoms with Crippen LogP contribution in [0.5, 0.6) is 5.75 Å². The lowest BCUT2D eigenvalue weighted by molar-refractivity contribution is 0.0386. The van der Waals surface area contributed by atoms with E-state index in [-0.39, 0.29) is 0 Å². The highest BCUT2D eigenvalue weighted by Crippen LogP contribution is 2.24. The Labute approximate surface area is 169 Å². The zero-order valence-corrected chi connectivity index (χ0v) is 17.1. The van der Waals surface area contributed by atoms with Crippen LogP contribution < -0.4 is 4.74 Å². The summed E-state index contributed by atoms with van der Waals surface area (Å²) in [6.45, 7) is 11.7. The summed E-state index contributed by atoms with van der Waals surface area (Å²) in [4.78, 5) is 2.43. The molecule has 1 saturated heterocycles. The smallest absolute Gasteiger partial charge is 0.191 e. The van der Waals surface area contributed by atoms with Crippen molar-refractivity contribution in [3.05, 3.63) is 47.8 Å². The zero-order valence-electron chi connectivity index (χ0n) is 15.5. The molecule has 1 aliphatic rings. The second kappa shape index (κ2) is 10.1. The summed E-state index contributed by atoms with van der Waals surface area (Å²) < 4.78 is 13.3. The van der Waals surface area contributed by atoms with E-state index in [1.165, 1.54) is 0 Å². The maximum atomic E-state index is 5.91. The number of nitrogens with zero attached hydrogens (tertiary/aromatic N) is 4. The number of halogens is 1. The molecule has 1 aliphatic heterocycles. The molecule has 0 radical (unpaired) electrons. The monoisotopic (exact) mass is 408 g/mol. The third-order valence-electron chi connectivity index (χ3n) is 4.21. The summed E-state index contributed by atoms with van der Waals surface area (Å²) in [7, 11) is 0. The van der Waals surface area contributed by atoms with Gasteiger partial charge in [0.05, 0.1) is 13.2 Å². The Kier molecular flexibility index (Phi) is 7.58. The molecule has 146 valence electrons. The molecule has 1 aromatic heterocycles. The summed E-state index contributed by atoms with van der Waals surface area (Å²) in [5, 5.41) is 10.7. The molecule has 3 rings (SSSR count). The third kappa shape index (κ3) is 5.97. The Morgan fingerprint density at radius 1 is 1.30 bits per heavy atom. The second-order valence-corrected chi connectivity index (χ2v) is 8.22. The summed E-state index contributed by atoms with van der Waals surface area (Å²) in [5.41, 5.74) is 0. The van der Waals surface area contributed by atoms with Crippen molar-refractivity contribution in [1.29, 1.82) is 0 Å². The van der Waals surface area contributed by atoms with E-state index in [2.05, 4.69) is 33.2 Å². The van der Waals surface area contributed by atoms with Crippen LogP contribution in [0.4, 0.5) is 0 Å². The van der Waals surface area contributed by atoms with E-state index in [1.54, 1.807) is 23.9 Å². The first-order valence-electron chi connectivity index (χ1n) is 9.04. The predicted octanol–water partition coefficient (Wildman–Crippen LogP) is 3.51. The molecule has 1 fully saturated rings. The number of ether oxygens (including phenoxy) is 2. The van der Waals surface area contributed by atoms with Crippen molar-refractivity contribution in [2.24, 2.45) is 0 Å². The van der Waals surface area contributed by atoms with Gasteiger partial charge in [0, 0.05) is 36.5 Å². The molecule has 0 amide bonds. The first-order valence-corrected chi connectivity index (χ1v) is 10.3. The normalized spacial score (nSPS) is 16.2. The first-order chi connectivity index (χ1) is 13.2. The lowest BCUT2D eigenvalue weighted by atomic mass is 10.3. The molecule has 2 heterocycles. The number of benzene rings is 1. The molecular weight excluding hydrogens is 384 g/mol. The van der Waals surface area contributed by atoms with Crippen LogP contribution in [0.25, 0.3) is 0 Å². The van der Waals surface area contributed by atoms with Crippen LogP contribution in [-0.4, -0.2) is 57.8 Å². The zero-order chi connectivity index (χ0) is 19.1. The fraction of sp³-hybridized carbons (Fsp3) is 0.474. The average molecular weight is 409 g/mol. The molecule has 0 unspecified atom stereocenters. The van der Waals surface area contributed by atoms with E-state index >= 15 is 0 Å². The molecule has 6 nitrogen and oxygen atoms in total. The molecule has 2 aromatic rings. The molecule has 8 heteroatoms. The van der Waals surface area contributed by atoms with E-state index in [4.69, 9.17) is 21.1 Å². The Hall–Kier alpha value is -1.54. The minimum absolute atomic E-state index is 0.348. The van der Waals surface area contributed by atoms with Gasteiger partial charge in [0.2, 0.25) is 0 Å². The number of rotatable bonds is 9. The Morgan fingerprint density at radius 2 is 2.04 bits per heavy atom. The van der Waals surface area contributed by atoms with Crippen LogP contribution in [0.1, 0.15) is 12.7 Å². The highest BCUT2D eigenvalue weighted by Gasteiger charge is 2.18. The molecular formula is C19H25ClN4O2S. The van der Waals surface area contributed by atoms with Crippen LogP contribution in [0, 0.1) is 0 Å². The van der Waals surface area contributed by atoms with Crippen LogP contribution in [-0.2, 0) is 17.9 Å². The number of hydrogen-bond acceptors (Lipinski definition) is 6. The van der Waals surface area contributed by atoms with Crippen molar-refractivity contribution in [3.8, 4) is 5.75 Å². The van der Waals surface area contributed by atoms with Gasteiger partial charge in [0.15, 0.2) is 11.0 Å². The van der Waals surface area contributed by atoms with E-state index < -0.39 is 0 Å². The lowest BCUT2D eigenvalue weighted by Crippen LogP contribution is -2.39. The Balaban J connectivity index is 1.61. The molecule has 0 aliphatic carbocycles. The van der Waals surface area contributed by atoms with E-state index in [0.29, 0.717) is 23.4 Å². The van der Waals surface area contributed by atoms with Crippen LogP contribution in [0.15, 0.2) is 42.1 Å². The lowest BCUT2D eigenvalue weighted by Gasteiger charge is -2.28. The van der Waals surface area contributed by atoms with Crippen LogP contribution >= 0.6 is 23.4 Å². The quantitative estimate of drug-likeness (QED) is 0.467. The minimum Gasteiger partial charge on any atom is -0.486 e. The summed E-state index contributed by atoms with van der Waals surface area (Å²) in [5.74, 6) is 1.54. The molecule has 0 bridgehead atoms. The molecule has 0 N–H and O–H groups in total. The van der Waals surface area contributed by atoms with Crippen LogP contribution in [0.2, 0.25) is 5.02 Å². The summed E-state index contributed by atoms with van der Waals surface area (Å²) in [6.07, 6.45) is 1.85. The van der Waals surface area contributed by atoms with E-state index in [1.807, 2.05) is 18.2 Å². The van der Waals surface area contributed by atoms with Gasteiger partial charge in [-0.3, -0.25) is 9.47 Å². The molecule has 0 saturated carbocycles. The van der Waals surface area contributed by atoms with Gasteiger partial charge in [-0.2, -0.15) is 0 Å². The predicted molar refractivity (Wildman–Crippen MR) is 109 cm³/mol. The topological polar surface area (TPSA) is 52.4 Å². The number of morpholine rings is 1. The SMILES string of the molecule is C=CCn1c(COc2ccc(Cl)cc2)nnc1S[C@@H](C)CN1CCOCC1. The van der Waals surface area contributed by atoms with Crippen molar-refractivity contribution in [1.82, 2.24) is 19.7 Å². The second-order valence-electron chi connectivity index (χ2n) is 6.38. The standard InChI is InChI=1S/C19H25ClN4O2S/c1-3-8-24-18(14-26-17-6-4-16(20)5-7-17)21-22-19(24)27-15(2)13-23-9-11-25-12-10-23/h3-7,15H,1,8-14H2,2H3/t15-/m0/s1. The fourth-order valence-electron chi connectivity index (χ4n) is 2.87. The van der Waals surface area contributed by atoms with E-state index in [0.717, 1.165) is 49.6 Å². The molecule has 1 atom stereocenters. The van der Waals surface area contributed by atoms with Crippen molar-refractivity contribution in [2.45, 2.75) is 30.5 Å². The number of thioether (sulfide) groups is 1. The number of allylic oxidation sites excluding steroid dienone is 1. The number of aromatic nitrogens is 3. The van der Waals surface area contributed by atoms with Gasteiger partial charge in [-0.25, -0.2) is 0 Å². The highest BCUT2D eigenvalue weighted by atomic mass is 35.5. The van der Waals surface area contributed by atoms with Gasteiger partial charge in [-0.15, -0.1) is 16.8 Å². The Bertz CT molecular complexity index is 732. The molecule has 1 aromatic carbocycles. The van der Waals surface area contributed by atoms with Crippen molar-refractivity contribution >= 4 is 23.4 Å². The van der Waals surface area contributed by atoms with E-state index in [9.17, 15) is 0 Å². The maximum Gasteiger partial charge on any atom is 0.191 e. The summed E-state index contributed by atoms with van der Waals surface area (Å²) in [6, 6.07) is 7.30. The van der Waals surface area contributed by atoms with Crippen LogP contribution in [0.3, 0.4) is 0 Å². The first kappa shape index (κ1) is 20.2. The molecule has 27 heavy (non-hydrogen) atoms. The summed E-state index contributed by atoms with van der Waals surface area (Å²) >= 11 is 7.64. The minimum atomic E-state index is 0.348. The van der Waals surface area contributed by atoms with Crippen molar-refractivity contribution < 1.29 is 9.47 Å². The van der Waals surface area contributed by atoms with Gasteiger partial charge < -0.3 is 9.47 Å². The van der Waals surface area contributed by atoms with Gasteiger partial charge in [-0.1, -0.05) is 36.4 Å². The number of hydrogen-bond donors (Lipinski definition) is 0. The fourth-order valence-corrected chi connectivity index (χ4v) is 4.04. The average Bonchev–Trinajstić information content (AvgIpc) is 3.04. The molecule has 0 spiro atoms. The van der Waals surface area contributed by atoms with Crippen molar-refractivity contribution in [2.75, 3.05) is 32.8 Å². The van der Waals surface area contributed by atoms with Gasteiger partial charge in [-0.05, 0) is 24.3 Å². The third-order valence-corrected chi connectivity index (χ3v) is 5.53. The van der Waals surface area contributed by atoms with Gasteiger partial charge in [0.1, 0.15) is 12.4 Å². The maximum absolute atomic E-state index is 5.91. The van der Waals surface area contributed by atoms with Gasteiger partial charge in [0.25, 0.3) is 0 Å². The highest BCUT2D eigenvalue weighted by molar-refractivity contribution is 7.99. The van der Waals surface area contributed by atoms with Gasteiger partial charge >= 0.3 is 0 Å². The van der Waals surface area contributed by atoms with Crippen molar-refractivity contribution in [3.63, 3.8) is 0 Å². The largest absolute Gasteiger partial charge is 0.486 e. The Morgan fingerprint density at radius 3 is 2.74 bits per heavy atom.